The molecule has 0 unspecified atom stereocenters. The lowest BCUT2D eigenvalue weighted by atomic mass is 10.0. The minimum Gasteiger partial charge on any atom is -0.308 e. The smallest absolute Gasteiger partial charge is 0.149 e. The number of halogens is 2. The van der Waals surface area contributed by atoms with Crippen molar-refractivity contribution >= 4 is 16.7 Å². The maximum absolute atomic E-state index is 13.6. The van der Waals surface area contributed by atoms with Gasteiger partial charge in [0.1, 0.15) is 23.0 Å². The van der Waals surface area contributed by atoms with Crippen LogP contribution in [0.5, 0.6) is 0 Å². The monoisotopic (exact) mass is 237 g/mol. The van der Waals surface area contributed by atoms with Crippen molar-refractivity contribution in [3.8, 4) is 0 Å². The molecule has 3 nitrogen and oxygen atoms in total. The second-order valence-electron chi connectivity index (χ2n) is 4.15. The van der Waals surface area contributed by atoms with Crippen molar-refractivity contribution in [2.45, 2.75) is 19.8 Å². The summed E-state index contributed by atoms with van der Waals surface area (Å²) in [5, 5.41) is 0.174. The lowest BCUT2D eigenvalue weighted by Crippen LogP contribution is -2.12. The molecule has 0 saturated carbocycles. The fourth-order valence-corrected chi connectivity index (χ4v) is 1.76. The lowest BCUT2D eigenvalue weighted by Gasteiger charge is -2.13. The molecule has 0 aliphatic heterocycles. The standard InChI is InChI=1S/C12H13F2N3/c1-6(2)7-5-8-9(13)3-4-10(14)11(8)16-12(7)17-15/h3-6H,15H2,1-2H3,(H,16,17). The molecule has 0 fully saturated rings. The van der Waals surface area contributed by atoms with Crippen LogP contribution in [0.15, 0.2) is 18.2 Å². The molecule has 0 aliphatic carbocycles. The molecule has 0 aliphatic rings. The summed E-state index contributed by atoms with van der Waals surface area (Å²) >= 11 is 0. The van der Waals surface area contributed by atoms with Crippen molar-refractivity contribution in [1.82, 2.24) is 4.98 Å². The quantitative estimate of drug-likeness (QED) is 0.623. The number of fused-ring (bicyclic) bond motifs is 1. The van der Waals surface area contributed by atoms with Gasteiger partial charge in [-0.25, -0.2) is 19.6 Å². The van der Waals surface area contributed by atoms with E-state index in [0.29, 0.717) is 5.82 Å². The number of anilines is 1. The van der Waals surface area contributed by atoms with Gasteiger partial charge in [0.05, 0.1) is 0 Å². The Labute approximate surface area is 97.6 Å². The molecule has 90 valence electrons. The molecule has 17 heavy (non-hydrogen) atoms. The molecule has 0 radical (unpaired) electrons. The molecular weight excluding hydrogens is 224 g/mol. The van der Waals surface area contributed by atoms with Gasteiger partial charge in [0.15, 0.2) is 0 Å². The summed E-state index contributed by atoms with van der Waals surface area (Å²) in [7, 11) is 0. The van der Waals surface area contributed by atoms with Gasteiger partial charge in [-0.1, -0.05) is 13.8 Å². The second kappa shape index (κ2) is 4.25. The van der Waals surface area contributed by atoms with Crippen molar-refractivity contribution in [2.24, 2.45) is 5.84 Å². The number of aromatic nitrogens is 1. The average molecular weight is 237 g/mol. The van der Waals surface area contributed by atoms with Crippen LogP contribution in [0, 0.1) is 11.6 Å². The summed E-state index contributed by atoms with van der Waals surface area (Å²) in [5.74, 6) is 4.77. The van der Waals surface area contributed by atoms with E-state index in [0.717, 1.165) is 17.7 Å². The molecule has 1 aromatic carbocycles. The molecule has 3 N–H and O–H groups in total. The molecule has 1 heterocycles. The Kier molecular flexibility index (Phi) is 2.93. The van der Waals surface area contributed by atoms with Crippen molar-refractivity contribution in [3.63, 3.8) is 0 Å². The van der Waals surface area contributed by atoms with Crippen LogP contribution in [-0.4, -0.2) is 4.98 Å². The summed E-state index contributed by atoms with van der Waals surface area (Å²) in [6.45, 7) is 3.86. The van der Waals surface area contributed by atoms with Gasteiger partial charge in [0.2, 0.25) is 0 Å². The Hall–Kier alpha value is -1.75. The van der Waals surface area contributed by atoms with Crippen LogP contribution < -0.4 is 11.3 Å². The number of hydrogen-bond acceptors (Lipinski definition) is 3. The Bertz CT molecular complexity index is 567. The largest absolute Gasteiger partial charge is 0.308 e. The Morgan fingerprint density at radius 3 is 2.47 bits per heavy atom. The van der Waals surface area contributed by atoms with E-state index in [9.17, 15) is 8.78 Å². The molecule has 0 atom stereocenters. The first-order chi connectivity index (χ1) is 8.04. The third-order valence-electron chi connectivity index (χ3n) is 2.67. The van der Waals surface area contributed by atoms with Crippen LogP contribution in [-0.2, 0) is 0 Å². The third-order valence-corrected chi connectivity index (χ3v) is 2.67. The van der Waals surface area contributed by atoms with E-state index in [1.807, 2.05) is 13.8 Å². The minimum atomic E-state index is -0.562. The summed E-state index contributed by atoms with van der Waals surface area (Å²) < 4.78 is 27.1. The molecule has 2 rings (SSSR count). The van der Waals surface area contributed by atoms with Crippen LogP contribution in [0.3, 0.4) is 0 Å². The van der Waals surface area contributed by atoms with Crippen LogP contribution >= 0.6 is 0 Å². The molecule has 0 bridgehead atoms. The lowest BCUT2D eigenvalue weighted by molar-refractivity contribution is 0.615. The Morgan fingerprint density at radius 2 is 1.88 bits per heavy atom. The molecule has 0 amide bonds. The molecule has 5 heteroatoms. The van der Waals surface area contributed by atoms with Crippen molar-refractivity contribution in [1.29, 1.82) is 0 Å². The normalized spacial score (nSPS) is 11.2. The highest BCUT2D eigenvalue weighted by Crippen LogP contribution is 2.28. The van der Waals surface area contributed by atoms with E-state index < -0.39 is 11.6 Å². The van der Waals surface area contributed by atoms with E-state index in [1.165, 1.54) is 0 Å². The molecule has 2 aromatic rings. The van der Waals surface area contributed by atoms with Crippen LogP contribution in [0.1, 0.15) is 25.3 Å². The van der Waals surface area contributed by atoms with Gasteiger partial charge in [-0.3, -0.25) is 0 Å². The predicted octanol–water partition coefficient (Wildman–Crippen LogP) is 2.92. The number of nitrogens with zero attached hydrogens (tertiary/aromatic N) is 1. The highest BCUT2D eigenvalue weighted by molar-refractivity contribution is 5.83. The predicted molar refractivity (Wildman–Crippen MR) is 63.6 cm³/mol. The number of nitrogens with two attached hydrogens (primary N) is 1. The maximum Gasteiger partial charge on any atom is 0.149 e. The SMILES string of the molecule is CC(C)c1cc2c(F)ccc(F)c2nc1NN. The fraction of sp³-hybridized carbons (Fsp3) is 0.250. The Balaban J connectivity index is 2.83. The molecule has 1 aromatic heterocycles. The van der Waals surface area contributed by atoms with Crippen LogP contribution in [0.4, 0.5) is 14.6 Å². The number of benzene rings is 1. The summed E-state index contributed by atoms with van der Waals surface area (Å²) in [6, 6.07) is 3.74. The van der Waals surface area contributed by atoms with Crippen LogP contribution in [0.25, 0.3) is 10.9 Å². The molecular formula is C12H13F2N3. The zero-order chi connectivity index (χ0) is 12.6. The summed E-state index contributed by atoms with van der Waals surface area (Å²) in [5.41, 5.74) is 3.16. The number of pyridine rings is 1. The minimum absolute atomic E-state index is 0.0117. The number of hydrazine groups is 1. The average Bonchev–Trinajstić information content (AvgIpc) is 2.32. The Morgan fingerprint density at radius 1 is 1.24 bits per heavy atom. The highest BCUT2D eigenvalue weighted by atomic mass is 19.1. The van der Waals surface area contributed by atoms with E-state index in [2.05, 4.69) is 10.4 Å². The van der Waals surface area contributed by atoms with Crippen molar-refractivity contribution in [3.05, 3.63) is 35.4 Å². The van der Waals surface area contributed by atoms with Gasteiger partial charge < -0.3 is 5.43 Å². The van der Waals surface area contributed by atoms with Gasteiger partial charge in [0, 0.05) is 5.39 Å². The number of nitrogen functional groups attached to an aromatic ring is 1. The van der Waals surface area contributed by atoms with E-state index >= 15 is 0 Å². The molecule has 0 spiro atoms. The number of nitrogens with one attached hydrogen (secondary N) is 1. The van der Waals surface area contributed by atoms with Gasteiger partial charge in [-0.2, -0.15) is 0 Å². The van der Waals surface area contributed by atoms with E-state index in [-0.39, 0.29) is 16.8 Å². The van der Waals surface area contributed by atoms with Gasteiger partial charge in [0.25, 0.3) is 0 Å². The summed E-state index contributed by atoms with van der Waals surface area (Å²) in [4.78, 5) is 4.02. The molecule has 0 saturated heterocycles. The van der Waals surface area contributed by atoms with E-state index in [1.54, 1.807) is 6.07 Å². The summed E-state index contributed by atoms with van der Waals surface area (Å²) in [6.07, 6.45) is 0. The number of hydrogen-bond donors (Lipinski definition) is 2. The first-order valence-corrected chi connectivity index (χ1v) is 5.30. The van der Waals surface area contributed by atoms with Gasteiger partial charge in [-0.05, 0) is 29.7 Å². The highest BCUT2D eigenvalue weighted by Gasteiger charge is 2.14. The van der Waals surface area contributed by atoms with Crippen molar-refractivity contribution < 1.29 is 8.78 Å². The fourth-order valence-electron chi connectivity index (χ4n) is 1.76. The zero-order valence-electron chi connectivity index (χ0n) is 9.59. The van der Waals surface area contributed by atoms with Gasteiger partial charge in [-0.15, -0.1) is 0 Å². The van der Waals surface area contributed by atoms with Gasteiger partial charge >= 0.3 is 0 Å². The second-order valence-corrected chi connectivity index (χ2v) is 4.15. The number of rotatable bonds is 2. The van der Waals surface area contributed by atoms with Crippen LogP contribution in [0.2, 0.25) is 0 Å². The first kappa shape index (κ1) is 11.7. The zero-order valence-corrected chi connectivity index (χ0v) is 9.59. The van der Waals surface area contributed by atoms with E-state index in [4.69, 9.17) is 5.84 Å². The topological polar surface area (TPSA) is 50.9 Å². The third kappa shape index (κ3) is 1.93. The van der Waals surface area contributed by atoms with Crippen molar-refractivity contribution in [2.75, 3.05) is 5.43 Å². The first-order valence-electron chi connectivity index (χ1n) is 5.30. The maximum atomic E-state index is 13.6.